The van der Waals surface area contributed by atoms with Gasteiger partial charge in [-0.3, -0.25) is 4.90 Å². The number of nitrogens with one attached hydrogen (secondary N) is 1. The fourth-order valence-electron chi connectivity index (χ4n) is 3.24. The van der Waals surface area contributed by atoms with E-state index in [1.165, 1.54) is 24.8 Å². The van der Waals surface area contributed by atoms with E-state index in [1.807, 2.05) is 12.1 Å². The number of benzene rings is 2. The maximum Gasteiger partial charge on any atom is 0.216 e. The number of likely N-dealkylation sites (tertiary alicyclic amines) is 1. The molecule has 1 heterocycles. The maximum atomic E-state index is 12.4. The molecule has 0 radical (unpaired) electrons. The van der Waals surface area contributed by atoms with Crippen LogP contribution in [-0.2, 0) is 28.9 Å². The predicted octanol–water partition coefficient (Wildman–Crippen LogP) is 4.60. The maximum absolute atomic E-state index is 12.4. The van der Waals surface area contributed by atoms with Crippen molar-refractivity contribution in [2.24, 2.45) is 0 Å². The molecule has 3 rings (SSSR count). The van der Waals surface area contributed by atoms with Crippen molar-refractivity contribution in [3.63, 3.8) is 0 Å². The van der Waals surface area contributed by atoms with Crippen molar-refractivity contribution in [1.29, 1.82) is 0 Å². The standard InChI is InChI=1S/C20H24Cl2N2O2S/c21-19-5-4-6-20(22)18(19)15-27(25,26)23-13-16-7-9-17(10-8-16)14-24-11-2-1-3-12-24/h4-10,23H,1-3,11-15H2. The first-order valence-electron chi connectivity index (χ1n) is 9.13. The van der Waals surface area contributed by atoms with Gasteiger partial charge in [0.2, 0.25) is 10.0 Å². The van der Waals surface area contributed by atoms with Gasteiger partial charge in [0.1, 0.15) is 0 Å². The number of hydrogen-bond donors (Lipinski definition) is 1. The first-order valence-corrected chi connectivity index (χ1v) is 11.5. The average molecular weight is 427 g/mol. The van der Waals surface area contributed by atoms with E-state index in [-0.39, 0.29) is 12.3 Å². The zero-order valence-corrected chi connectivity index (χ0v) is 17.5. The third-order valence-electron chi connectivity index (χ3n) is 4.77. The molecule has 1 fully saturated rings. The molecular weight excluding hydrogens is 403 g/mol. The fourth-order valence-corrected chi connectivity index (χ4v) is 5.11. The Bertz CT molecular complexity index is 844. The monoisotopic (exact) mass is 426 g/mol. The van der Waals surface area contributed by atoms with Gasteiger partial charge in [-0.05, 0) is 49.2 Å². The Balaban J connectivity index is 1.55. The van der Waals surface area contributed by atoms with Crippen LogP contribution >= 0.6 is 23.2 Å². The molecular formula is C20H24Cl2N2O2S. The summed E-state index contributed by atoms with van der Waals surface area (Å²) in [5, 5.41) is 0.713. The first kappa shape index (κ1) is 20.6. The predicted molar refractivity (Wildman–Crippen MR) is 111 cm³/mol. The summed E-state index contributed by atoms with van der Waals surface area (Å²) < 4.78 is 27.4. The molecule has 0 saturated carbocycles. The molecule has 1 aliphatic rings. The van der Waals surface area contributed by atoms with Gasteiger partial charge >= 0.3 is 0 Å². The molecule has 7 heteroatoms. The molecule has 4 nitrogen and oxygen atoms in total. The minimum Gasteiger partial charge on any atom is -0.299 e. The number of sulfonamides is 1. The number of rotatable bonds is 7. The van der Waals surface area contributed by atoms with E-state index in [1.54, 1.807) is 18.2 Å². The van der Waals surface area contributed by atoms with Crippen LogP contribution in [0.2, 0.25) is 10.0 Å². The summed E-state index contributed by atoms with van der Waals surface area (Å²) in [4.78, 5) is 2.47. The first-order chi connectivity index (χ1) is 12.9. The lowest BCUT2D eigenvalue weighted by molar-refractivity contribution is 0.221. The van der Waals surface area contributed by atoms with E-state index in [2.05, 4.69) is 21.8 Å². The SMILES string of the molecule is O=S(=O)(Cc1c(Cl)cccc1Cl)NCc1ccc(CN2CCCCC2)cc1. The molecule has 0 aromatic heterocycles. The van der Waals surface area contributed by atoms with Crippen molar-refractivity contribution in [3.05, 3.63) is 69.2 Å². The largest absolute Gasteiger partial charge is 0.299 e. The van der Waals surface area contributed by atoms with Gasteiger partial charge in [0.05, 0.1) is 5.75 Å². The van der Waals surface area contributed by atoms with Crippen LogP contribution in [0.1, 0.15) is 36.0 Å². The molecule has 0 amide bonds. The zero-order chi connectivity index (χ0) is 19.3. The minimum atomic E-state index is -3.54. The van der Waals surface area contributed by atoms with Crippen molar-refractivity contribution >= 4 is 33.2 Å². The average Bonchev–Trinajstić information content (AvgIpc) is 2.65. The Morgan fingerprint density at radius 2 is 1.48 bits per heavy atom. The molecule has 0 bridgehead atoms. The van der Waals surface area contributed by atoms with Crippen LogP contribution in [0.15, 0.2) is 42.5 Å². The topological polar surface area (TPSA) is 49.4 Å². The molecule has 0 atom stereocenters. The number of nitrogens with zero attached hydrogens (tertiary/aromatic N) is 1. The van der Waals surface area contributed by atoms with Crippen molar-refractivity contribution in [2.45, 2.75) is 38.1 Å². The molecule has 1 saturated heterocycles. The highest BCUT2D eigenvalue weighted by molar-refractivity contribution is 7.88. The van der Waals surface area contributed by atoms with Crippen molar-refractivity contribution in [3.8, 4) is 0 Å². The molecule has 27 heavy (non-hydrogen) atoms. The second-order valence-electron chi connectivity index (χ2n) is 6.93. The quantitative estimate of drug-likeness (QED) is 0.703. The summed E-state index contributed by atoms with van der Waals surface area (Å²) in [7, 11) is -3.54. The summed E-state index contributed by atoms with van der Waals surface area (Å²) in [6, 6.07) is 13.1. The van der Waals surface area contributed by atoms with Crippen LogP contribution in [0.25, 0.3) is 0 Å². The van der Waals surface area contributed by atoms with Gasteiger partial charge < -0.3 is 0 Å². The smallest absolute Gasteiger partial charge is 0.216 e. The van der Waals surface area contributed by atoms with Gasteiger partial charge in [0, 0.05) is 28.7 Å². The zero-order valence-electron chi connectivity index (χ0n) is 15.1. The molecule has 0 spiro atoms. The van der Waals surface area contributed by atoms with E-state index in [0.717, 1.165) is 25.2 Å². The third kappa shape index (κ3) is 6.19. The van der Waals surface area contributed by atoms with E-state index in [4.69, 9.17) is 23.2 Å². The van der Waals surface area contributed by atoms with Crippen molar-refractivity contribution < 1.29 is 8.42 Å². The number of piperidine rings is 1. The highest BCUT2D eigenvalue weighted by Gasteiger charge is 2.16. The van der Waals surface area contributed by atoms with E-state index in [0.29, 0.717) is 15.6 Å². The van der Waals surface area contributed by atoms with Crippen LogP contribution in [0.4, 0.5) is 0 Å². The Kier molecular flexibility index (Phi) is 7.17. The molecule has 146 valence electrons. The molecule has 0 unspecified atom stereocenters. The summed E-state index contributed by atoms with van der Waals surface area (Å²) in [6.45, 7) is 3.52. The Morgan fingerprint density at radius 1 is 0.889 bits per heavy atom. The van der Waals surface area contributed by atoms with Gasteiger partial charge in [-0.25, -0.2) is 13.1 Å². The Hall–Kier alpha value is -1.11. The fraction of sp³-hybridized carbons (Fsp3) is 0.400. The van der Waals surface area contributed by atoms with Crippen LogP contribution in [-0.4, -0.2) is 26.4 Å². The molecule has 0 aliphatic carbocycles. The summed E-state index contributed by atoms with van der Waals surface area (Å²) in [6.07, 6.45) is 3.87. The van der Waals surface area contributed by atoms with Gasteiger partial charge in [-0.2, -0.15) is 0 Å². The van der Waals surface area contributed by atoms with Crippen LogP contribution in [0, 0.1) is 0 Å². The van der Waals surface area contributed by atoms with E-state index < -0.39 is 10.0 Å². The van der Waals surface area contributed by atoms with Crippen LogP contribution in [0.5, 0.6) is 0 Å². The highest BCUT2D eigenvalue weighted by Crippen LogP contribution is 2.26. The Labute approximate surface area is 171 Å². The Morgan fingerprint density at radius 3 is 2.11 bits per heavy atom. The second kappa shape index (κ2) is 9.39. The number of hydrogen-bond acceptors (Lipinski definition) is 3. The van der Waals surface area contributed by atoms with Gasteiger partial charge in [-0.15, -0.1) is 0 Å². The molecule has 2 aromatic carbocycles. The third-order valence-corrected chi connectivity index (χ3v) is 6.73. The van der Waals surface area contributed by atoms with E-state index in [9.17, 15) is 8.42 Å². The van der Waals surface area contributed by atoms with Gasteiger partial charge in [0.15, 0.2) is 0 Å². The normalized spacial score (nSPS) is 15.8. The lowest BCUT2D eigenvalue weighted by atomic mass is 10.1. The van der Waals surface area contributed by atoms with Crippen LogP contribution < -0.4 is 4.72 Å². The van der Waals surface area contributed by atoms with Crippen molar-refractivity contribution in [2.75, 3.05) is 13.1 Å². The highest BCUT2D eigenvalue weighted by atomic mass is 35.5. The lowest BCUT2D eigenvalue weighted by Gasteiger charge is -2.26. The van der Waals surface area contributed by atoms with Crippen molar-refractivity contribution in [1.82, 2.24) is 9.62 Å². The van der Waals surface area contributed by atoms with Gasteiger partial charge in [-0.1, -0.05) is 60.0 Å². The molecule has 2 aromatic rings. The lowest BCUT2D eigenvalue weighted by Crippen LogP contribution is -2.29. The molecule has 1 aliphatic heterocycles. The van der Waals surface area contributed by atoms with Gasteiger partial charge in [0.25, 0.3) is 0 Å². The number of halogens is 2. The van der Waals surface area contributed by atoms with E-state index >= 15 is 0 Å². The summed E-state index contributed by atoms with van der Waals surface area (Å²) in [5.41, 5.74) is 2.60. The minimum absolute atomic E-state index is 0.238. The summed E-state index contributed by atoms with van der Waals surface area (Å²) in [5.74, 6) is -0.238. The summed E-state index contributed by atoms with van der Waals surface area (Å²) >= 11 is 12.1. The van der Waals surface area contributed by atoms with Crippen LogP contribution in [0.3, 0.4) is 0 Å². The molecule has 1 N–H and O–H groups in total. The second-order valence-corrected chi connectivity index (χ2v) is 9.55.